The standard InChI is InChI=1S/C18H29NOS/c1-5-19-18-16-12-15(20-4)8-6-14(16)7-9-17(18)21-11-10-13(2)3/h6,8,12-13,17-19H,5,7,9-11H2,1-4H3. The van der Waals surface area contributed by atoms with Crippen LogP contribution >= 0.6 is 11.8 Å². The fourth-order valence-corrected chi connectivity index (χ4v) is 4.61. The summed E-state index contributed by atoms with van der Waals surface area (Å²) < 4.78 is 5.42. The smallest absolute Gasteiger partial charge is 0.119 e. The minimum Gasteiger partial charge on any atom is -0.497 e. The van der Waals surface area contributed by atoms with Crippen molar-refractivity contribution in [2.75, 3.05) is 19.4 Å². The van der Waals surface area contributed by atoms with Crippen molar-refractivity contribution in [1.29, 1.82) is 0 Å². The van der Waals surface area contributed by atoms with Crippen molar-refractivity contribution in [3.63, 3.8) is 0 Å². The quantitative estimate of drug-likeness (QED) is 0.804. The monoisotopic (exact) mass is 307 g/mol. The van der Waals surface area contributed by atoms with Gasteiger partial charge in [-0.05, 0) is 60.7 Å². The molecule has 21 heavy (non-hydrogen) atoms. The van der Waals surface area contributed by atoms with Crippen LogP contribution in [0, 0.1) is 5.92 Å². The van der Waals surface area contributed by atoms with Crippen LogP contribution in [0.1, 0.15) is 50.8 Å². The summed E-state index contributed by atoms with van der Waals surface area (Å²) >= 11 is 2.15. The summed E-state index contributed by atoms with van der Waals surface area (Å²) in [5.41, 5.74) is 2.94. The van der Waals surface area contributed by atoms with Gasteiger partial charge in [-0.1, -0.05) is 26.8 Å². The molecule has 2 nitrogen and oxygen atoms in total. The van der Waals surface area contributed by atoms with Crippen LogP contribution in [0.15, 0.2) is 18.2 Å². The Labute approximate surface area is 134 Å². The van der Waals surface area contributed by atoms with E-state index in [9.17, 15) is 0 Å². The van der Waals surface area contributed by atoms with Crippen molar-refractivity contribution < 1.29 is 4.74 Å². The van der Waals surface area contributed by atoms with E-state index in [2.05, 4.69) is 56.0 Å². The van der Waals surface area contributed by atoms with Crippen LogP contribution in [0.2, 0.25) is 0 Å². The molecule has 118 valence electrons. The molecule has 2 unspecified atom stereocenters. The summed E-state index contributed by atoms with van der Waals surface area (Å²) in [7, 11) is 1.75. The van der Waals surface area contributed by atoms with E-state index >= 15 is 0 Å². The second-order valence-electron chi connectivity index (χ2n) is 6.23. The van der Waals surface area contributed by atoms with Crippen molar-refractivity contribution in [2.24, 2.45) is 5.92 Å². The van der Waals surface area contributed by atoms with Gasteiger partial charge in [-0.25, -0.2) is 0 Å². The average Bonchev–Trinajstić information content (AvgIpc) is 2.48. The van der Waals surface area contributed by atoms with Crippen LogP contribution in [-0.4, -0.2) is 24.7 Å². The summed E-state index contributed by atoms with van der Waals surface area (Å²) in [6.45, 7) is 7.83. The Bertz CT molecular complexity index is 447. The van der Waals surface area contributed by atoms with Crippen molar-refractivity contribution in [3.8, 4) is 5.75 Å². The second-order valence-corrected chi connectivity index (χ2v) is 7.58. The van der Waals surface area contributed by atoms with Gasteiger partial charge in [-0.2, -0.15) is 11.8 Å². The molecule has 0 bridgehead atoms. The number of benzene rings is 1. The highest BCUT2D eigenvalue weighted by molar-refractivity contribution is 7.99. The Kier molecular flexibility index (Phi) is 6.43. The predicted molar refractivity (Wildman–Crippen MR) is 93.4 cm³/mol. The first-order valence-corrected chi connectivity index (χ1v) is 9.22. The fraction of sp³-hybridized carbons (Fsp3) is 0.667. The highest BCUT2D eigenvalue weighted by Crippen LogP contribution is 2.38. The molecule has 1 aromatic rings. The Morgan fingerprint density at radius 2 is 2.19 bits per heavy atom. The lowest BCUT2D eigenvalue weighted by atomic mass is 9.87. The lowest BCUT2D eigenvalue weighted by molar-refractivity contribution is 0.410. The van der Waals surface area contributed by atoms with Crippen LogP contribution in [0.5, 0.6) is 5.75 Å². The summed E-state index contributed by atoms with van der Waals surface area (Å²) in [5, 5.41) is 4.39. The van der Waals surface area contributed by atoms with Crippen LogP contribution in [0.4, 0.5) is 0 Å². The maximum Gasteiger partial charge on any atom is 0.119 e. The van der Waals surface area contributed by atoms with Gasteiger partial charge in [0.2, 0.25) is 0 Å². The van der Waals surface area contributed by atoms with E-state index < -0.39 is 0 Å². The van der Waals surface area contributed by atoms with E-state index in [4.69, 9.17) is 4.74 Å². The number of hydrogen-bond acceptors (Lipinski definition) is 3. The van der Waals surface area contributed by atoms with Gasteiger partial charge >= 0.3 is 0 Å². The van der Waals surface area contributed by atoms with E-state index in [-0.39, 0.29) is 0 Å². The molecule has 0 amide bonds. The summed E-state index contributed by atoms with van der Waals surface area (Å²) in [6.07, 6.45) is 3.78. The first kappa shape index (κ1) is 16.7. The molecule has 0 fully saturated rings. The maximum absolute atomic E-state index is 5.42. The fourth-order valence-electron chi connectivity index (χ4n) is 2.98. The van der Waals surface area contributed by atoms with Crippen molar-refractivity contribution in [1.82, 2.24) is 5.32 Å². The molecule has 1 N–H and O–H groups in total. The van der Waals surface area contributed by atoms with E-state index in [0.29, 0.717) is 11.3 Å². The topological polar surface area (TPSA) is 21.3 Å². The zero-order chi connectivity index (χ0) is 15.2. The highest BCUT2D eigenvalue weighted by atomic mass is 32.2. The molecule has 2 rings (SSSR count). The van der Waals surface area contributed by atoms with Crippen molar-refractivity contribution in [3.05, 3.63) is 29.3 Å². The minimum atomic E-state index is 0.464. The lowest BCUT2D eigenvalue weighted by Crippen LogP contribution is -2.34. The predicted octanol–water partition coefficient (Wildman–Crippen LogP) is 4.44. The molecule has 0 saturated carbocycles. The molecule has 1 aliphatic rings. The first-order valence-electron chi connectivity index (χ1n) is 8.17. The van der Waals surface area contributed by atoms with E-state index in [1.54, 1.807) is 7.11 Å². The third kappa shape index (κ3) is 4.40. The van der Waals surface area contributed by atoms with Crippen molar-refractivity contribution in [2.45, 2.75) is 51.3 Å². The van der Waals surface area contributed by atoms with Crippen LogP contribution in [0.25, 0.3) is 0 Å². The molecule has 0 heterocycles. The van der Waals surface area contributed by atoms with Gasteiger partial charge in [0.1, 0.15) is 5.75 Å². The third-order valence-corrected chi connectivity index (χ3v) is 5.62. The lowest BCUT2D eigenvalue weighted by Gasteiger charge is -2.34. The van der Waals surface area contributed by atoms with E-state index in [0.717, 1.165) is 18.2 Å². The Morgan fingerprint density at radius 1 is 1.38 bits per heavy atom. The van der Waals surface area contributed by atoms with Crippen molar-refractivity contribution >= 4 is 11.8 Å². The van der Waals surface area contributed by atoms with Gasteiger partial charge in [-0.3, -0.25) is 0 Å². The third-order valence-electron chi connectivity index (χ3n) is 4.21. The molecule has 0 aromatic heterocycles. The molecule has 1 aromatic carbocycles. The zero-order valence-electron chi connectivity index (χ0n) is 13.8. The normalized spacial score (nSPS) is 21.4. The maximum atomic E-state index is 5.42. The highest BCUT2D eigenvalue weighted by Gasteiger charge is 2.29. The van der Waals surface area contributed by atoms with Gasteiger partial charge in [0.25, 0.3) is 0 Å². The number of fused-ring (bicyclic) bond motifs is 1. The molecular weight excluding hydrogens is 278 g/mol. The van der Waals surface area contributed by atoms with E-state index in [1.165, 1.54) is 36.1 Å². The van der Waals surface area contributed by atoms with Gasteiger partial charge < -0.3 is 10.1 Å². The van der Waals surface area contributed by atoms with Crippen LogP contribution in [0.3, 0.4) is 0 Å². The number of ether oxygens (including phenoxy) is 1. The minimum absolute atomic E-state index is 0.464. The van der Waals surface area contributed by atoms with E-state index in [1.807, 2.05) is 0 Å². The van der Waals surface area contributed by atoms with Gasteiger partial charge in [0.05, 0.1) is 7.11 Å². The SMILES string of the molecule is CCNC1c2cc(OC)ccc2CCC1SCCC(C)C. The summed E-state index contributed by atoms with van der Waals surface area (Å²) in [6, 6.07) is 7.03. The van der Waals surface area contributed by atoms with Gasteiger partial charge in [-0.15, -0.1) is 0 Å². The largest absolute Gasteiger partial charge is 0.497 e. The first-order chi connectivity index (χ1) is 10.2. The number of nitrogens with one attached hydrogen (secondary N) is 1. The Morgan fingerprint density at radius 3 is 2.86 bits per heavy atom. The van der Waals surface area contributed by atoms with Crippen LogP contribution in [-0.2, 0) is 6.42 Å². The Hall–Kier alpha value is -0.670. The number of hydrogen-bond donors (Lipinski definition) is 1. The molecule has 0 radical (unpaired) electrons. The van der Waals surface area contributed by atoms with Gasteiger partial charge in [0, 0.05) is 11.3 Å². The summed E-state index contributed by atoms with van der Waals surface area (Å²) in [5.74, 6) is 3.04. The molecular formula is C18H29NOS. The zero-order valence-corrected chi connectivity index (χ0v) is 14.6. The molecule has 1 aliphatic carbocycles. The number of thioether (sulfide) groups is 1. The molecule has 3 heteroatoms. The molecule has 0 aliphatic heterocycles. The Balaban J connectivity index is 2.13. The number of rotatable bonds is 7. The second kappa shape index (κ2) is 8.09. The molecule has 2 atom stereocenters. The average molecular weight is 308 g/mol. The number of aryl methyl sites for hydroxylation is 1. The number of methoxy groups -OCH3 is 1. The molecule has 0 saturated heterocycles. The summed E-state index contributed by atoms with van der Waals surface area (Å²) in [4.78, 5) is 0. The molecule has 0 spiro atoms. The van der Waals surface area contributed by atoms with Crippen LogP contribution < -0.4 is 10.1 Å². The van der Waals surface area contributed by atoms with Gasteiger partial charge in [0.15, 0.2) is 0 Å².